The van der Waals surface area contributed by atoms with Gasteiger partial charge in [0.15, 0.2) is 0 Å². The van der Waals surface area contributed by atoms with Crippen molar-refractivity contribution in [2.45, 2.75) is 12.6 Å². The van der Waals surface area contributed by atoms with Gasteiger partial charge in [-0.1, -0.05) is 6.07 Å². The number of halogens is 4. The summed E-state index contributed by atoms with van der Waals surface area (Å²) in [7, 11) is 0. The van der Waals surface area contributed by atoms with E-state index in [1.165, 1.54) is 0 Å². The molecule has 4 nitrogen and oxygen atoms in total. The van der Waals surface area contributed by atoms with Crippen LogP contribution in [0.4, 0.5) is 13.2 Å². The Morgan fingerprint density at radius 3 is 2.58 bits per heavy atom. The SMILES string of the molecule is O=C(O)Cc1nc(Cl)nc2cc(C(F)(F)F)ccc12. The number of nitrogens with zero attached hydrogens (tertiary/aromatic N) is 2. The molecule has 0 aliphatic rings. The molecule has 2 rings (SSSR count). The number of hydrogen-bond acceptors (Lipinski definition) is 3. The second-order valence-corrected chi connectivity index (χ2v) is 4.08. The lowest BCUT2D eigenvalue weighted by molar-refractivity contribution is -0.138. The van der Waals surface area contributed by atoms with Crippen LogP contribution >= 0.6 is 11.6 Å². The van der Waals surface area contributed by atoms with Gasteiger partial charge in [-0.15, -0.1) is 0 Å². The van der Waals surface area contributed by atoms with Gasteiger partial charge in [-0.3, -0.25) is 4.79 Å². The zero-order valence-corrected chi connectivity index (χ0v) is 9.96. The number of rotatable bonds is 2. The zero-order valence-electron chi connectivity index (χ0n) is 9.20. The maximum Gasteiger partial charge on any atom is 0.416 e. The summed E-state index contributed by atoms with van der Waals surface area (Å²) in [6.45, 7) is 0. The molecule has 0 atom stereocenters. The number of aliphatic carboxylic acids is 1. The van der Waals surface area contributed by atoms with Crippen molar-refractivity contribution in [1.82, 2.24) is 9.97 Å². The Balaban J connectivity index is 2.64. The minimum atomic E-state index is -4.50. The predicted molar refractivity (Wildman–Crippen MR) is 60.9 cm³/mol. The Morgan fingerprint density at radius 2 is 2.00 bits per heavy atom. The number of carboxylic acids is 1. The third kappa shape index (κ3) is 2.93. The summed E-state index contributed by atoms with van der Waals surface area (Å²) in [6.07, 6.45) is -4.94. The molecule has 0 radical (unpaired) electrons. The molecule has 1 aromatic carbocycles. The smallest absolute Gasteiger partial charge is 0.416 e. The third-order valence-electron chi connectivity index (χ3n) is 2.39. The molecule has 1 aromatic heterocycles. The van der Waals surface area contributed by atoms with Crippen molar-refractivity contribution in [3.05, 3.63) is 34.7 Å². The molecule has 0 saturated heterocycles. The Morgan fingerprint density at radius 1 is 1.32 bits per heavy atom. The third-order valence-corrected chi connectivity index (χ3v) is 2.56. The van der Waals surface area contributed by atoms with Gasteiger partial charge < -0.3 is 5.11 Å². The lowest BCUT2D eigenvalue weighted by atomic mass is 10.1. The van der Waals surface area contributed by atoms with Crippen LogP contribution in [0, 0.1) is 0 Å². The van der Waals surface area contributed by atoms with Gasteiger partial charge in [-0.2, -0.15) is 13.2 Å². The number of alkyl halides is 3. The number of carboxylic acid groups (broad SMARTS) is 1. The minimum absolute atomic E-state index is 0.0360. The number of fused-ring (bicyclic) bond motifs is 1. The van der Waals surface area contributed by atoms with Gasteiger partial charge in [0.2, 0.25) is 5.28 Å². The number of hydrogen-bond donors (Lipinski definition) is 1. The predicted octanol–water partition coefficient (Wildman–Crippen LogP) is 2.93. The van der Waals surface area contributed by atoms with Gasteiger partial charge in [-0.05, 0) is 23.7 Å². The summed E-state index contributed by atoms with van der Waals surface area (Å²) in [5.41, 5.74) is -0.835. The largest absolute Gasteiger partial charge is 0.481 e. The maximum atomic E-state index is 12.6. The first-order valence-electron chi connectivity index (χ1n) is 5.02. The molecule has 19 heavy (non-hydrogen) atoms. The average Bonchev–Trinajstić information content (AvgIpc) is 2.25. The minimum Gasteiger partial charge on any atom is -0.481 e. The van der Waals surface area contributed by atoms with E-state index in [-0.39, 0.29) is 21.9 Å². The Kier molecular flexibility index (Phi) is 3.32. The molecule has 0 spiro atoms. The van der Waals surface area contributed by atoms with Crippen LogP contribution in [-0.4, -0.2) is 21.0 Å². The molecular formula is C11H6ClF3N2O2. The van der Waals surface area contributed by atoms with E-state index in [0.29, 0.717) is 0 Å². The fourth-order valence-corrected chi connectivity index (χ4v) is 1.81. The van der Waals surface area contributed by atoms with Crippen molar-refractivity contribution >= 4 is 28.5 Å². The lowest BCUT2D eigenvalue weighted by Gasteiger charge is -2.09. The molecule has 0 saturated carbocycles. The summed E-state index contributed by atoms with van der Waals surface area (Å²) >= 11 is 5.58. The molecule has 0 amide bonds. The number of carbonyl (C=O) groups is 1. The second-order valence-electron chi connectivity index (χ2n) is 3.74. The quantitative estimate of drug-likeness (QED) is 0.864. The van der Waals surface area contributed by atoms with Gasteiger partial charge in [0, 0.05) is 5.39 Å². The molecule has 100 valence electrons. The van der Waals surface area contributed by atoms with Crippen LogP contribution in [0.1, 0.15) is 11.3 Å². The maximum absolute atomic E-state index is 12.6. The van der Waals surface area contributed by atoms with Crippen molar-refractivity contribution in [1.29, 1.82) is 0 Å². The average molecular weight is 291 g/mol. The molecular weight excluding hydrogens is 285 g/mol. The van der Waals surface area contributed by atoms with Crippen molar-refractivity contribution in [2.24, 2.45) is 0 Å². The monoisotopic (exact) mass is 290 g/mol. The summed E-state index contributed by atoms with van der Waals surface area (Å²) in [6, 6.07) is 2.81. The van der Waals surface area contributed by atoms with E-state index in [2.05, 4.69) is 9.97 Å². The highest BCUT2D eigenvalue weighted by Crippen LogP contribution is 2.31. The molecule has 1 N–H and O–H groups in total. The fraction of sp³-hybridized carbons (Fsp3) is 0.182. The second kappa shape index (κ2) is 4.65. The van der Waals surface area contributed by atoms with E-state index >= 15 is 0 Å². The van der Waals surface area contributed by atoms with Crippen molar-refractivity contribution in [3.63, 3.8) is 0 Å². The number of benzene rings is 1. The van der Waals surface area contributed by atoms with Crippen LogP contribution in [0.25, 0.3) is 10.9 Å². The zero-order chi connectivity index (χ0) is 14.2. The topological polar surface area (TPSA) is 63.1 Å². The summed E-state index contributed by atoms with van der Waals surface area (Å²) < 4.78 is 37.7. The van der Waals surface area contributed by atoms with E-state index in [1.807, 2.05) is 0 Å². The molecule has 1 heterocycles. The van der Waals surface area contributed by atoms with E-state index < -0.39 is 24.1 Å². The van der Waals surface area contributed by atoms with Crippen LogP contribution in [0.2, 0.25) is 5.28 Å². The van der Waals surface area contributed by atoms with Gasteiger partial charge >= 0.3 is 12.1 Å². The van der Waals surface area contributed by atoms with Crippen LogP contribution in [0.3, 0.4) is 0 Å². The van der Waals surface area contributed by atoms with E-state index in [0.717, 1.165) is 18.2 Å². The molecule has 0 aliphatic carbocycles. The molecule has 0 unspecified atom stereocenters. The standard InChI is InChI=1S/C11H6ClF3N2O2/c12-10-16-7-3-5(11(13,14)15)1-2-6(7)8(17-10)4-9(18)19/h1-3H,4H2,(H,18,19). The first-order chi connectivity index (χ1) is 8.77. The summed E-state index contributed by atoms with van der Waals surface area (Å²) in [4.78, 5) is 18.1. The molecule has 2 aromatic rings. The fourth-order valence-electron chi connectivity index (χ4n) is 1.62. The number of aromatic nitrogens is 2. The Hall–Kier alpha value is -1.89. The molecule has 8 heteroatoms. The first kappa shape index (κ1) is 13.5. The first-order valence-corrected chi connectivity index (χ1v) is 5.40. The highest BCUT2D eigenvalue weighted by atomic mass is 35.5. The normalized spacial score (nSPS) is 11.8. The molecule has 0 fully saturated rings. The molecule has 0 aliphatic heterocycles. The highest BCUT2D eigenvalue weighted by Gasteiger charge is 2.30. The van der Waals surface area contributed by atoms with Gasteiger partial charge in [-0.25, -0.2) is 9.97 Å². The Bertz CT molecular complexity index is 658. The van der Waals surface area contributed by atoms with E-state index in [9.17, 15) is 18.0 Å². The van der Waals surface area contributed by atoms with Crippen molar-refractivity contribution in [2.75, 3.05) is 0 Å². The Labute approximate surface area is 109 Å². The van der Waals surface area contributed by atoms with Crippen LogP contribution in [-0.2, 0) is 17.4 Å². The van der Waals surface area contributed by atoms with Gasteiger partial charge in [0.05, 0.1) is 23.2 Å². The molecule has 0 bridgehead atoms. The van der Waals surface area contributed by atoms with Gasteiger partial charge in [0.25, 0.3) is 0 Å². The van der Waals surface area contributed by atoms with E-state index in [1.54, 1.807) is 0 Å². The highest BCUT2D eigenvalue weighted by molar-refractivity contribution is 6.28. The van der Waals surface area contributed by atoms with Crippen LogP contribution < -0.4 is 0 Å². The van der Waals surface area contributed by atoms with Crippen LogP contribution in [0.5, 0.6) is 0 Å². The van der Waals surface area contributed by atoms with Crippen molar-refractivity contribution < 1.29 is 23.1 Å². The van der Waals surface area contributed by atoms with E-state index in [4.69, 9.17) is 16.7 Å². The summed E-state index contributed by atoms with van der Waals surface area (Å²) in [5, 5.41) is 8.66. The van der Waals surface area contributed by atoms with Crippen LogP contribution in [0.15, 0.2) is 18.2 Å². The lowest BCUT2D eigenvalue weighted by Crippen LogP contribution is -2.07. The van der Waals surface area contributed by atoms with Gasteiger partial charge in [0.1, 0.15) is 0 Å². The van der Waals surface area contributed by atoms with Crippen molar-refractivity contribution in [3.8, 4) is 0 Å². The summed E-state index contributed by atoms with van der Waals surface area (Å²) in [5.74, 6) is -1.16.